The SMILES string of the molecule is CCCCN(C(=O)C(Cc1ccc(O)cc1)NC(=O)OC(C)(C)C)C(C(=O)NC(Cc1ccccc1)C(=O)OC(C)(C)C)c1ccc(O)c(C)c1. The van der Waals surface area contributed by atoms with Gasteiger partial charge in [0.05, 0.1) is 0 Å². The molecule has 0 heterocycles. The molecule has 0 aliphatic carbocycles. The van der Waals surface area contributed by atoms with E-state index in [0.717, 1.165) is 5.56 Å². The molecule has 11 nitrogen and oxygen atoms in total. The number of carbonyl (C=O) groups excluding carboxylic acids is 4. The van der Waals surface area contributed by atoms with E-state index in [1.165, 1.54) is 23.1 Å². The predicted molar refractivity (Wildman–Crippen MR) is 195 cm³/mol. The Hall–Kier alpha value is -5.06. The minimum Gasteiger partial charge on any atom is -0.508 e. The molecular weight excluding hydrogens is 650 g/mol. The molecule has 0 aromatic heterocycles. The van der Waals surface area contributed by atoms with Crippen LogP contribution in [-0.2, 0) is 36.7 Å². The van der Waals surface area contributed by atoms with E-state index in [9.17, 15) is 29.4 Å². The summed E-state index contributed by atoms with van der Waals surface area (Å²) in [5.74, 6) is -1.79. The summed E-state index contributed by atoms with van der Waals surface area (Å²) < 4.78 is 11.2. The van der Waals surface area contributed by atoms with E-state index in [1.54, 1.807) is 72.7 Å². The number of benzene rings is 3. The van der Waals surface area contributed by atoms with Crippen LogP contribution in [0.25, 0.3) is 0 Å². The Kier molecular flexibility index (Phi) is 14.0. The highest BCUT2D eigenvalue weighted by Gasteiger charge is 2.38. The molecule has 3 atom stereocenters. The molecule has 0 bridgehead atoms. The van der Waals surface area contributed by atoms with E-state index in [0.29, 0.717) is 29.5 Å². The lowest BCUT2D eigenvalue weighted by atomic mass is 9.97. The maximum absolute atomic E-state index is 14.8. The summed E-state index contributed by atoms with van der Waals surface area (Å²) in [6.45, 7) is 14.1. The topological polar surface area (TPSA) is 154 Å². The van der Waals surface area contributed by atoms with Crippen LogP contribution in [0.4, 0.5) is 4.79 Å². The summed E-state index contributed by atoms with van der Waals surface area (Å²) in [6, 6.07) is 16.6. The Balaban J connectivity index is 2.13. The van der Waals surface area contributed by atoms with Crippen LogP contribution in [0.2, 0.25) is 0 Å². The van der Waals surface area contributed by atoms with E-state index < -0.39 is 53.2 Å². The molecule has 11 heteroatoms. The highest BCUT2D eigenvalue weighted by atomic mass is 16.6. The fourth-order valence-corrected chi connectivity index (χ4v) is 5.40. The van der Waals surface area contributed by atoms with Crippen molar-refractivity contribution in [2.24, 2.45) is 0 Å². The molecule has 0 fully saturated rings. The van der Waals surface area contributed by atoms with Crippen LogP contribution in [0.5, 0.6) is 11.5 Å². The van der Waals surface area contributed by atoms with E-state index in [-0.39, 0.29) is 30.9 Å². The monoisotopic (exact) mass is 703 g/mol. The van der Waals surface area contributed by atoms with Gasteiger partial charge in [0.25, 0.3) is 0 Å². The summed E-state index contributed by atoms with van der Waals surface area (Å²) in [5.41, 5.74) is 0.637. The van der Waals surface area contributed by atoms with Gasteiger partial charge in [-0.25, -0.2) is 9.59 Å². The minimum atomic E-state index is -1.27. The number of phenolic OH excluding ortho intramolecular Hbond substituents is 2. The molecule has 276 valence electrons. The van der Waals surface area contributed by atoms with Crippen LogP contribution in [0.15, 0.2) is 72.8 Å². The normalized spacial score (nSPS) is 13.3. The smallest absolute Gasteiger partial charge is 0.408 e. The van der Waals surface area contributed by atoms with Crippen LogP contribution in [0.1, 0.15) is 89.6 Å². The van der Waals surface area contributed by atoms with Crippen molar-refractivity contribution in [1.29, 1.82) is 0 Å². The molecule has 0 aliphatic rings. The molecule has 51 heavy (non-hydrogen) atoms. The number of amides is 3. The average molecular weight is 704 g/mol. The number of nitrogens with zero attached hydrogens (tertiary/aromatic N) is 1. The fourth-order valence-electron chi connectivity index (χ4n) is 5.40. The van der Waals surface area contributed by atoms with E-state index >= 15 is 0 Å². The first kappa shape index (κ1) is 40.4. The van der Waals surface area contributed by atoms with Gasteiger partial charge in [0.1, 0.15) is 40.8 Å². The Morgan fingerprint density at radius 3 is 1.92 bits per heavy atom. The molecule has 4 N–H and O–H groups in total. The first-order valence-corrected chi connectivity index (χ1v) is 17.3. The Morgan fingerprint density at radius 1 is 0.765 bits per heavy atom. The summed E-state index contributed by atoms with van der Waals surface area (Å²) >= 11 is 0. The number of hydrogen-bond acceptors (Lipinski definition) is 8. The van der Waals surface area contributed by atoms with Crippen LogP contribution in [0, 0.1) is 6.92 Å². The summed E-state index contributed by atoms with van der Waals surface area (Å²) in [6.07, 6.45) is 0.547. The van der Waals surface area contributed by atoms with Crippen LogP contribution in [-0.4, -0.2) is 68.8 Å². The number of phenols is 2. The fraction of sp³-hybridized carbons (Fsp3) is 0.450. The number of esters is 1. The zero-order chi connectivity index (χ0) is 37.9. The maximum atomic E-state index is 14.8. The summed E-state index contributed by atoms with van der Waals surface area (Å²) in [5, 5.41) is 25.9. The van der Waals surface area contributed by atoms with Gasteiger partial charge >= 0.3 is 12.1 Å². The third kappa shape index (κ3) is 13.0. The molecule has 3 rings (SSSR count). The second kappa shape index (κ2) is 17.7. The molecule has 3 aromatic rings. The number of nitrogens with one attached hydrogen (secondary N) is 2. The van der Waals surface area contributed by atoms with Crippen molar-refractivity contribution in [3.8, 4) is 11.5 Å². The van der Waals surface area contributed by atoms with Crippen molar-refractivity contribution < 1.29 is 38.9 Å². The van der Waals surface area contributed by atoms with Gasteiger partial charge in [0.15, 0.2) is 0 Å². The number of aromatic hydroxyl groups is 2. The molecule has 0 aliphatic heterocycles. The lowest BCUT2D eigenvalue weighted by molar-refractivity contribution is -0.159. The van der Waals surface area contributed by atoms with Crippen LogP contribution < -0.4 is 10.6 Å². The van der Waals surface area contributed by atoms with E-state index in [2.05, 4.69) is 10.6 Å². The Morgan fingerprint density at radius 2 is 1.35 bits per heavy atom. The predicted octanol–water partition coefficient (Wildman–Crippen LogP) is 6.28. The largest absolute Gasteiger partial charge is 0.508 e. The quantitative estimate of drug-likeness (QED) is 0.143. The van der Waals surface area contributed by atoms with Crippen molar-refractivity contribution in [3.63, 3.8) is 0 Å². The number of carbonyl (C=O) groups is 4. The highest BCUT2D eigenvalue weighted by molar-refractivity contribution is 5.94. The minimum absolute atomic E-state index is 0.0110. The van der Waals surface area contributed by atoms with Gasteiger partial charge in [0, 0.05) is 19.4 Å². The zero-order valence-electron chi connectivity index (χ0n) is 31.0. The van der Waals surface area contributed by atoms with Crippen molar-refractivity contribution in [2.45, 2.75) is 110 Å². The molecule has 3 unspecified atom stereocenters. The van der Waals surface area contributed by atoms with Gasteiger partial charge in [-0.05, 0) is 101 Å². The lowest BCUT2D eigenvalue weighted by Gasteiger charge is -2.35. The highest BCUT2D eigenvalue weighted by Crippen LogP contribution is 2.29. The molecule has 3 aromatic carbocycles. The number of aryl methyl sites for hydroxylation is 1. The van der Waals surface area contributed by atoms with Crippen molar-refractivity contribution >= 4 is 23.9 Å². The third-order valence-electron chi connectivity index (χ3n) is 7.79. The molecule has 0 spiro atoms. The summed E-state index contributed by atoms with van der Waals surface area (Å²) in [4.78, 5) is 57.5. The van der Waals surface area contributed by atoms with Gasteiger partial charge < -0.3 is 35.2 Å². The summed E-state index contributed by atoms with van der Waals surface area (Å²) in [7, 11) is 0. The number of hydrogen-bond donors (Lipinski definition) is 4. The number of ether oxygens (including phenoxy) is 2. The molecule has 0 saturated heterocycles. The second-order valence-corrected chi connectivity index (χ2v) is 14.7. The van der Waals surface area contributed by atoms with Gasteiger partial charge in [-0.15, -0.1) is 0 Å². The number of alkyl carbamates (subject to hydrolysis) is 1. The van der Waals surface area contributed by atoms with Crippen molar-refractivity contribution in [1.82, 2.24) is 15.5 Å². The van der Waals surface area contributed by atoms with Crippen molar-refractivity contribution in [3.05, 3.63) is 95.1 Å². The first-order valence-electron chi connectivity index (χ1n) is 17.3. The molecule has 0 saturated carbocycles. The first-order chi connectivity index (χ1) is 23.9. The number of rotatable bonds is 14. The number of unbranched alkanes of at least 4 members (excludes halogenated alkanes) is 1. The lowest BCUT2D eigenvalue weighted by Crippen LogP contribution is -2.55. The zero-order valence-corrected chi connectivity index (χ0v) is 31.0. The Labute approximate surface area is 301 Å². The van der Waals surface area contributed by atoms with Gasteiger partial charge in [-0.2, -0.15) is 0 Å². The maximum Gasteiger partial charge on any atom is 0.408 e. The van der Waals surface area contributed by atoms with Crippen LogP contribution >= 0.6 is 0 Å². The van der Waals surface area contributed by atoms with Gasteiger partial charge in [0.2, 0.25) is 11.8 Å². The molecule has 0 radical (unpaired) electrons. The van der Waals surface area contributed by atoms with Gasteiger partial charge in [-0.1, -0.05) is 61.9 Å². The third-order valence-corrected chi connectivity index (χ3v) is 7.79. The van der Waals surface area contributed by atoms with Crippen molar-refractivity contribution in [2.75, 3.05) is 6.54 Å². The standard InChI is InChI=1S/C40H53N3O8/c1-9-10-22-43(36(47)31(42-38(49)51-40(6,7)8)24-28-16-19-30(44)20-17-28)34(29-18-21-33(45)26(2)23-29)35(46)41-32(37(48)50-39(3,4)5)25-27-14-12-11-13-15-27/h11-21,23,31-32,34,44-45H,9-10,22,24-25H2,1-8H3,(H,41,46)(H,42,49). The van der Waals surface area contributed by atoms with Crippen LogP contribution in [0.3, 0.4) is 0 Å². The molecular formula is C40H53N3O8. The molecule has 3 amide bonds. The average Bonchev–Trinajstić information content (AvgIpc) is 3.03. The van der Waals surface area contributed by atoms with Gasteiger partial charge in [-0.3, -0.25) is 9.59 Å². The van der Waals surface area contributed by atoms with E-state index in [4.69, 9.17) is 9.47 Å². The second-order valence-electron chi connectivity index (χ2n) is 14.7. The van der Waals surface area contributed by atoms with E-state index in [1.807, 2.05) is 37.3 Å². The Bertz CT molecular complexity index is 1630.